The predicted molar refractivity (Wildman–Crippen MR) is 95.0 cm³/mol. The molecule has 1 aliphatic heterocycles. The molecule has 1 aromatic heterocycles. The third kappa shape index (κ3) is 2.78. The van der Waals surface area contributed by atoms with E-state index in [2.05, 4.69) is 6.07 Å². The van der Waals surface area contributed by atoms with Crippen molar-refractivity contribution in [1.82, 2.24) is 9.63 Å². The minimum Gasteiger partial charge on any atom is -0.283 e. The number of benzene rings is 1. The van der Waals surface area contributed by atoms with Crippen LogP contribution in [0.5, 0.6) is 0 Å². The molecule has 4 rings (SSSR count). The summed E-state index contributed by atoms with van der Waals surface area (Å²) in [4.78, 5) is 31.4. The molecule has 5 nitrogen and oxygen atoms in total. The van der Waals surface area contributed by atoms with E-state index in [1.165, 1.54) is 16.2 Å². The fourth-order valence-electron chi connectivity index (χ4n) is 3.78. The fourth-order valence-corrected chi connectivity index (χ4v) is 3.78. The van der Waals surface area contributed by atoms with Crippen LogP contribution in [-0.2, 0) is 17.7 Å². The zero-order chi connectivity index (χ0) is 17.4. The van der Waals surface area contributed by atoms with Crippen LogP contribution in [0.25, 0.3) is 5.69 Å². The van der Waals surface area contributed by atoms with Crippen LogP contribution in [0.1, 0.15) is 46.3 Å². The number of hydrogen-bond donors (Lipinski definition) is 0. The Bertz CT molecular complexity index is 879. The number of amides is 1. The number of carbonyl (C=O) groups is 1. The molecule has 0 atom stereocenters. The smallest absolute Gasteiger partial charge is 0.283 e. The van der Waals surface area contributed by atoms with Crippen LogP contribution >= 0.6 is 0 Å². The molecule has 0 saturated carbocycles. The summed E-state index contributed by atoms with van der Waals surface area (Å²) in [7, 11) is 0. The molecule has 1 aromatic carbocycles. The molecule has 2 aromatic rings. The van der Waals surface area contributed by atoms with Crippen molar-refractivity contribution in [2.45, 2.75) is 39.0 Å². The lowest BCUT2D eigenvalue weighted by Gasteiger charge is -2.26. The van der Waals surface area contributed by atoms with Gasteiger partial charge in [0.05, 0.1) is 12.3 Å². The molecule has 1 fully saturated rings. The van der Waals surface area contributed by atoms with Gasteiger partial charge in [0, 0.05) is 12.7 Å². The highest BCUT2D eigenvalue weighted by Gasteiger charge is 2.25. The number of carbonyl (C=O) groups excluding carboxylic acids is 1. The molecule has 0 N–H and O–H groups in total. The third-order valence-corrected chi connectivity index (χ3v) is 5.12. The van der Waals surface area contributed by atoms with Crippen molar-refractivity contribution in [3.8, 4) is 5.69 Å². The minimum atomic E-state index is -0.330. The first-order chi connectivity index (χ1) is 12.2. The van der Waals surface area contributed by atoms with Crippen molar-refractivity contribution < 1.29 is 9.63 Å². The van der Waals surface area contributed by atoms with Crippen LogP contribution in [0.15, 0.2) is 35.3 Å². The lowest BCUT2D eigenvalue weighted by Crippen LogP contribution is -2.40. The lowest BCUT2D eigenvalue weighted by atomic mass is 10.1. The summed E-state index contributed by atoms with van der Waals surface area (Å²) >= 11 is 0. The first kappa shape index (κ1) is 16.1. The normalized spacial score (nSPS) is 16.8. The Morgan fingerprint density at radius 2 is 2.00 bits per heavy atom. The first-order valence-electron chi connectivity index (χ1n) is 8.95. The molecule has 1 saturated heterocycles. The van der Waals surface area contributed by atoms with Crippen LogP contribution in [0.4, 0.5) is 0 Å². The summed E-state index contributed by atoms with van der Waals surface area (Å²) in [5.41, 5.74) is 4.05. The molecular formula is C20H22N2O3. The van der Waals surface area contributed by atoms with Crippen LogP contribution in [0.2, 0.25) is 0 Å². The first-order valence-corrected chi connectivity index (χ1v) is 8.95. The van der Waals surface area contributed by atoms with E-state index in [-0.39, 0.29) is 17.0 Å². The quantitative estimate of drug-likeness (QED) is 0.846. The summed E-state index contributed by atoms with van der Waals surface area (Å²) in [6.45, 7) is 2.86. The molecular weight excluding hydrogens is 316 g/mol. The number of nitrogens with zero attached hydrogens (tertiary/aromatic N) is 2. The standard InChI is InChI=1S/C20H22N2O3/c1-14-10-12-21(17-9-5-7-15-6-4-8-16(15)17)19(23)18(14)20(24)22-11-2-3-13-25-22/h5,7,9-10,12H,2-4,6,8,11,13H2,1H3. The highest BCUT2D eigenvalue weighted by molar-refractivity contribution is 5.94. The molecule has 0 bridgehead atoms. The maximum absolute atomic E-state index is 13.1. The van der Waals surface area contributed by atoms with E-state index in [0.29, 0.717) is 18.7 Å². The molecule has 0 unspecified atom stereocenters. The van der Waals surface area contributed by atoms with E-state index in [0.717, 1.165) is 37.8 Å². The van der Waals surface area contributed by atoms with E-state index in [4.69, 9.17) is 4.84 Å². The van der Waals surface area contributed by atoms with Gasteiger partial charge in [0.15, 0.2) is 0 Å². The van der Waals surface area contributed by atoms with E-state index < -0.39 is 0 Å². The van der Waals surface area contributed by atoms with Crippen molar-refractivity contribution in [1.29, 1.82) is 0 Å². The third-order valence-electron chi connectivity index (χ3n) is 5.12. The highest BCUT2D eigenvalue weighted by atomic mass is 16.7. The second kappa shape index (κ2) is 6.48. The Labute approximate surface area is 146 Å². The number of pyridine rings is 1. The van der Waals surface area contributed by atoms with Gasteiger partial charge in [-0.3, -0.25) is 19.0 Å². The topological polar surface area (TPSA) is 51.5 Å². The minimum absolute atomic E-state index is 0.208. The molecule has 1 amide bonds. The van der Waals surface area contributed by atoms with Crippen LogP contribution < -0.4 is 5.56 Å². The fraction of sp³-hybridized carbons (Fsp3) is 0.400. The van der Waals surface area contributed by atoms with Crippen LogP contribution in [-0.4, -0.2) is 28.7 Å². The maximum atomic E-state index is 13.1. The summed E-state index contributed by atoms with van der Waals surface area (Å²) in [5, 5.41) is 1.34. The Kier molecular flexibility index (Phi) is 4.17. The summed E-state index contributed by atoms with van der Waals surface area (Å²) < 4.78 is 1.62. The molecule has 2 heterocycles. The van der Waals surface area contributed by atoms with Crippen LogP contribution in [0.3, 0.4) is 0 Å². The number of aryl methyl sites for hydroxylation is 2. The van der Waals surface area contributed by atoms with Crippen molar-refractivity contribution in [3.63, 3.8) is 0 Å². The van der Waals surface area contributed by atoms with Gasteiger partial charge in [-0.05, 0) is 67.9 Å². The average molecular weight is 338 g/mol. The van der Waals surface area contributed by atoms with Crippen LogP contribution in [0, 0.1) is 6.92 Å². The Balaban J connectivity index is 1.80. The molecule has 2 aliphatic rings. The largest absolute Gasteiger partial charge is 0.283 e. The van der Waals surface area contributed by atoms with Gasteiger partial charge >= 0.3 is 0 Å². The van der Waals surface area contributed by atoms with Gasteiger partial charge in [-0.15, -0.1) is 0 Å². The van der Waals surface area contributed by atoms with Gasteiger partial charge in [-0.25, -0.2) is 5.06 Å². The van der Waals surface area contributed by atoms with Crippen molar-refractivity contribution in [2.75, 3.05) is 13.2 Å². The number of aromatic nitrogens is 1. The second-order valence-corrected chi connectivity index (χ2v) is 6.76. The van der Waals surface area contributed by atoms with E-state index in [9.17, 15) is 9.59 Å². The Morgan fingerprint density at radius 3 is 2.80 bits per heavy atom. The molecule has 0 radical (unpaired) electrons. The van der Waals surface area contributed by atoms with Crippen molar-refractivity contribution >= 4 is 5.91 Å². The number of rotatable bonds is 2. The Hall–Kier alpha value is -2.40. The maximum Gasteiger partial charge on any atom is 0.283 e. The number of hydroxylamine groups is 2. The van der Waals surface area contributed by atoms with Gasteiger partial charge in [0.2, 0.25) is 0 Å². The Morgan fingerprint density at radius 1 is 1.12 bits per heavy atom. The second-order valence-electron chi connectivity index (χ2n) is 6.76. The number of fused-ring (bicyclic) bond motifs is 1. The lowest BCUT2D eigenvalue weighted by molar-refractivity contribution is -0.144. The molecule has 1 aliphatic carbocycles. The molecule has 0 spiro atoms. The summed E-state index contributed by atoms with van der Waals surface area (Å²) in [6.07, 6.45) is 6.76. The highest BCUT2D eigenvalue weighted by Crippen LogP contribution is 2.27. The van der Waals surface area contributed by atoms with Gasteiger partial charge in [-0.1, -0.05) is 12.1 Å². The van der Waals surface area contributed by atoms with E-state index in [1.807, 2.05) is 18.2 Å². The van der Waals surface area contributed by atoms with E-state index in [1.54, 1.807) is 17.7 Å². The van der Waals surface area contributed by atoms with Gasteiger partial charge in [-0.2, -0.15) is 0 Å². The molecule has 25 heavy (non-hydrogen) atoms. The monoisotopic (exact) mass is 338 g/mol. The molecule has 130 valence electrons. The number of hydrogen-bond acceptors (Lipinski definition) is 3. The van der Waals surface area contributed by atoms with Gasteiger partial charge < -0.3 is 0 Å². The zero-order valence-electron chi connectivity index (χ0n) is 14.5. The summed E-state index contributed by atoms with van der Waals surface area (Å²) in [5.74, 6) is -0.330. The summed E-state index contributed by atoms with van der Waals surface area (Å²) in [6, 6.07) is 7.92. The molecule has 5 heteroatoms. The predicted octanol–water partition coefficient (Wildman–Crippen LogP) is 2.80. The van der Waals surface area contributed by atoms with Gasteiger partial charge in [0.1, 0.15) is 5.56 Å². The van der Waals surface area contributed by atoms with Crippen molar-refractivity contribution in [3.05, 3.63) is 63.1 Å². The zero-order valence-corrected chi connectivity index (χ0v) is 14.5. The average Bonchev–Trinajstić information content (AvgIpc) is 3.11. The van der Waals surface area contributed by atoms with Gasteiger partial charge in [0.25, 0.3) is 11.5 Å². The van der Waals surface area contributed by atoms with E-state index >= 15 is 0 Å². The van der Waals surface area contributed by atoms with Crippen molar-refractivity contribution in [2.24, 2.45) is 0 Å². The SMILES string of the molecule is Cc1ccn(-c2cccc3c2CCC3)c(=O)c1C(=O)N1CCCCO1.